The van der Waals surface area contributed by atoms with Crippen molar-refractivity contribution in [1.29, 1.82) is 0 Å². The van der Waals surface area contributed by atoms with Crippen LogP contribution < -0.4 is 5.32 Å². The molecule has 148 valence electrons. The first-order chi connectivity index (χ1) is 14.5. The van der Waals surface area contributed by atoms with Crippen LogP contribution in [0.4, 0.5) is 5.69 Å². The Labute approximate surface area is 175 Å². The van der Waals surface area contributed by atoms with E-state index in [0.717, 1.165) is 28.6 Å². The van der Waals surface area contributed by atoms with E-state index >= 15 is 0 Å². The maximum Gasteiger partial charge on any atom is 0.256 e. The number of nitrogens with zero attached hydrogens (tertiary/aromatic N) is 1. The second kappa shape index (κ2) is 8.29. The number of pyridine rings is 1. The van der Waals surface area contributed by atoms with Gasteiger partial charge < -0.3 is 5.32 Å². The molecule has 0 fully saturated rings. The number of fused-ring (bicyclic) bond motifs is 1. The van der Waals surface area contributed by atoms with E-state index in [-0.39, 0.29) is 11.7 Å². The molecular formula is C26H22N2O2. The Bertz CT molecular complexity index is 1240. The third kappa shape index (κ3) is 3.98. The number of nitrogens with one attached hydrogen (secondary N) is 1. The van der Waals surface area contributed by atoms with Gasteiger partial charge in [0.15, 0.2) is 5.78 Å². The van der Waals surface area contributed by atoms with Gasteiger partial charge in [0.2, 0.25) is 0 Å². The number of aromatic nitrogens is 1. The largest absolute Gasteiger partial charge is 0.322 e. The second-order valence-electron chi connectivity index (χ2n) is 7.21. The Kier molecular flexibility index (Phi) is 5.40. The number of para-hydroxylation sites is 1. The summed E-state index contributed by atoms with van der Waals surface area (Å²) < 4.78 is 0. The van der Waals surface area contributed by atoms with E-state index in [1.54, 1.807) is 24.3 Å². The van der Waals surface area contributed by atoms with Gasteiger partial charge in [-0.15, -0.1) is 0 Å². The molecule has 4 nitrogen and oxygen atoms in total. The van der Waals surface area contributed by atoms with Crippen molar-refractivity contribution in [1.82, 2.24) is 4.98 Å². The SMILES string of the molecule is CCc1ccc(-c2cc(C(=O)Nc3cccc(C(C)=O)c3)c3ccccc3n2)cc1. The number of anilines is 1. The van der Waals surface area contributed by atoms with E-state index in [9.17, 15) is 9.59 Å². The van der Waals surface area contributed by atoms with Crippen molar-refractivity contribution in [2.24, 2.45) is 0 Å². The Balaban J connectivity index is 1.76. The molecule has 1 heterocycles. The second-order valence-corrected chi connectivity index (χ2v) is 7.21. The van der Waals surface area contributed by atoms with E-state index in [1.165, 1.54) is 12.5 Å². The third-order valence-corrected chi connectivity index (χ3v) is 5.15. The average Bonchev–Trinajstić information content (AvgIpc) is 2.78. The van der Waals surface area contributed by atoms with Crippen LogP contribution in [0.5, 0.6) is 0 Å². The highest BCUT2D eigenvalue weighted by molar-refractivity contribution is 6.13. The monoisotopic (exact) mass is 394 g/mol. The molecule has 0 bridgehead atoms. The molecule has 0 aliphatic carbocycles. The minimum absolute atomic E-state index is 0.0433. The van der Waals surface area contributed by atoms with E-state index in [4.69, 9.17) is 4.98 Å². The summed E-state index contributed by atoms with van der Waals surface area (Å²) in [5.41, 5.74) is 5.42. The van der Waals surface area contributed by atoms with Gasteiger partial charge in [-0.05, 0) is 43.2 Å². The van der Waals surface area contributed by atoms with Gasteiger partial charge in [-0.25, -0.2) is 4.98 Å². The smallest absolute Gasteiger partial charge is 0.256 e. The van der Waals surface area contributed by atoms with Crippen molar-refractivity contribution in [3.05, 3.63) is 95.6 Å². The fourth-order valence-electron chi connectivity index (χ4n) is 3.44. The Morgan fingerprint density at radius 3 is 2.40 bits per heavy atom. The Morgan fingerprint density at radius 2 is 1.67 bits per heavy atom. The zero-order chi connectivity index (χ0) is 21.1. The lowest BCUT2D eigenvalue weighted by Gasteiger charge is -2.11. The standard InChI is InChI=1S/C26H22N2O2/c1-3-18-11-13-19(14-12-18)25-16-23(22-9-4-5-10-24(22)28-25)26(30)27-21-8-6-7-20(15-21)17(2)29/h4-16H,3H2,1-2H3,(H,27,30). The zero-order valence-electron chi connectivity index (χ0n) is 17.0. The van der Waals surface area contributed by atoms with E-state index < -0.39 is 0 Å². The number of ketones is 1. The van der Waals surface area contributed by atoms with Gasteiger partial charge in [-0.2, -0.15) is 0 Å². The van der Waals surface area contributed by atoms with Crippen molar-refractivity contribution >= 4 is 28.3 Å². The normalized spacial score (nSPS) is 10.7. The molecule has 1 N–H and O–H groups in total. The van der Waals surface area contributed by atoms with Crippen LogP contribution >= 0.6 is 0 Å². The molecule has 1 amide bonds. The fourth-order valence-corrected chi connectivity index (χ4v) is 3.44. The number of aryl methyl sites for hydroxylation is 1. The molecule has 0 saturated carbocycles. The number of hydrogen-bond acceptors (Lipinski definition) is 3. The predicted molar refractivity (Wildman–Crippen MR) is 121 cm³/mol. The van der Waals surface area contributed by atoms with Gasteiger partial charge in [-0.1, -0.05) is 61.5 Å². The van der Waals surface area contributed by atoms with Crippen LogP contribution in [0.2, 0.25) is 0 Å². The maximum atomic E-state index is 13.2. The van der Waals surface area contributed by atoms with Gasteiger partial charge in [0.25, 0.3) is 5.91 Å². The molecule has 30 heavy (non-hydrogen) atoms. The van der Waals surface area contributed by atoms with Crippen molar-refractivity contribution in [2.75, 3.05) is 5.32 Å². The molecule has 0 aliphatic heterocycles. The van der Waals surface area contributed by atoms with E-state index in [2.05, 4.69) is 24.4 Å². The summed E-state index contributed by atoms with van der Waals surface area (Å²) >= 11 is 0. The number of carbonyl (C=O) groups is 2. The van der Waals surface area contributed by atoms with Crippen LogP contribution in [0.1, 0.15) is 40.1 Å². The van der Waals surface area contributed by atoms with Crippen molar-refractivity contribution in [3.63, 3.8) is 0 Å². The summed E-state index contributed by atoms with van der Waals surface area (Å²) in [5, 5.41) is 3.71. The number of hydrogen-bond donors (Lipinski definition) is 1. The molecule has 0 unspecified atom stereocenters. The molecule has 4 aromatic rings. The van der Waals surface area contributed by atoms with Crippen LogP contribution in [-0.2, 0) is 6.42 Å². The first-order valence-electron chi connectivity index (χ1n) is 9.96. The van der Waals surface area contributed by atoms with Crippen LogP contribution in [0.15, 0.2) is 78.9 Å². The van der Waals surface area contributed by atoms with Crippen LogP contribution in [0.25, 0.3) is 22.2 Å². The Morgan fingerprint density at radius 1 is 0.900 bits per heavy atom. The van der Waals surface area contributed by atoms with Gasteiger partial charge in [0.05, 0.1) is 16.8 Å². The van der Waals surface area contributed by atoms with Crippen molar-refractivity contribution in [3.8, 4) is 11.3 Å². The van der Waals surface area contributed by atoms with Crippen LogP contribution in [0.3, 0.4) is 0 Å². The summed E-state index contributed by atoms with van der Waals surface area (Å²) in [6.07, 6.45) is 0.971. The number of rotatable bonds is 5. The van der Waals surface area contributed by atoms with E-state index in [0.29, 0.717) is 16.8 Å². The molecule has 1 aromatic heterocycles. The number of carbonyl (C=O) groups excluding carboxylic acids is 2. The summed E-state index contributed by atoms with van der Waals surface area (Å²) in [5.74, 6) is -0.279. The van der Waals surface area contributed by atoms with Gasteiger partial charge >= 0.3 is 0 Å². The summed E-state index contributed by atoms with van der Waals surface area (Å²) in [6, 6.07) is 24.6. The highest BCUT2D eigenvalue weighted by Gasteiger charge is 2.15. The third-order valence-electron chi connectivity index (χ3n) is 5.15. The lowest BCUT2D eigenvalue weighted by molar-refractivity contribution is 0.101. The van der Waals surface area contributed by atoms with Crippen LogP contribution in [0, 0.1) is 0 Å². The molecule has 0 radical (unpaired) electrons. The molecule has 3 aromatic carbocycles. The minimum atomic E-state index is -0.235. The Hall–Kier alpha value is -3.79. The number of Topliss-reactive ketones (excluding diaryl/α,β-unsaturated/α-hetero) is 1. The molecule has 0 atom stereocenters. The number of amides is 1. The van der Waals surface area contributed by atoms with Gasteiger partial charge in [0, 0.05) is 22.2 Å². The highest BCUT2D eigenvalue weighted by Crippen LogP contribution is 2.26. The van der Waals surface area contributed by atoms with Crippen molar-refractivity contribution in [2.45, 2.75) is 20.3 Å². The average molecular weight is 394 g/mol. The summed E-state index contributed by atoms with van der Waals surface area (Å²) in [7, 11) is 0. The predicted octanol–water partition coefficient (Wildman–Crippen LogP) is 5.92. The van der Waals surface area contributed by atoms with E-state index in [1.807, 2.05) is 42.5 Å². The lowest BCUT2D eigenvalue weighted by atomic mass is 10.0. The quantitative estimate of drug-likeness (QED) is 0.428. The molecule has 0 spiro atoms. The zero-order valence-corrected chi connectivity index (χ0v) is 17.0. The molecular weight excluding hydrogens is 372 g/mol. The van der Waals surface area contributed by atoms with Crippen molar-refractivity contribution < 1.29 is 9.59 Å². The van der Waals surface area contributed by atoms with Gasteiger partial charge in [0.1, 0.15) is 0 Å². The molecule has 0 saturated heterocycles. The summed E-state index contributed by atoms with van der Waals surface area (Å²) in [4.78, 5) is 29.6. The molecule has 4 rings (SSSR count). The minimum Gasteiger partial charge on any atom is -0.322 e. The topological polar surface area (TPSA) is 59.1 Å². The molecule has 0 aliphatic rings. The lowest BCUT2D eigenvalue weighted by Crippen LogP contribution is -2.13. The first-order valence-corrected chi connectivity index (χ1v) is 9.96. The van der Waals surface area contributed by atoms with Gasteiger partial charge in [-0.3, -0.25) is 9.59 Å². The maximum absolute atomic E-state index is 13.2. The first kappa shape index (κ1) is 19.5. The molecule has 4 heteroatoms. The fraction of sp³-hybridized carbons (Fsp3) is 0.115. The summed E-state index contributed by atoms with van der Waals surface area (Å²) in [6.45, 7) is 3.63. The van der Waals surface area contributed by atoms with Crippen LogP contribution in [-0.4, -0.2) is 16.7 Å². The number of benzene rings is 3. The highest BCUT2D eigenvalue weighted by atomic mass is 16.1.